The Bertz CT molecular complexity index is 693. The van der Waals surface area contributed by atoms with Crippen molar-refractivity contribution in [3.8, 4) is 0 Å². The number of rotatable bonds is 4. The molecule has 3 rings (SSSR count). The van der Waals surface area contributed by atoms with Crippen LogP contribution in [-0.4, -0.2) is 46.3 Å². The van der Waals surface area contributed by atoms with Gasteiger partial charge in [-0.1, -0.05) is 0 Å². The van der Waals surface area contributed by atoms with Crippen LogP contribution in [0.25, 0.3) is 0 Å². The summed E-state index contributed by atoms with van der Waals surface area (Å²) in [5.74, 6) is -0.0773. The second-order valence-corrected chi connectivity index (χ2v) is 5.50. The molecule has 118 valence electrons. The summed E-state index contributed by atoms with van der Waals surface area (Å²) in [5.41, 5.74) is 5.28. The summed E-state index contributed by atoms with van der Waals surface area (Å²) in [6.07, 6.45) is -1.54. The number of aromatic nitrogens is 2. The van der Waals surface area contributed by atoms with Crippen molar-refractivity contribution in [1.82, 2.24) is 9.97 Å². The number of nitrogen functional groups attached to an aromatic ring is 1. The summed E-state index contributed by atoms with van der Waals surface area (Å²) in [5, 5.41) is 2.82. The minimum absolute atomic E-state index is 0.0400. The maximum atomic E-state index is 12.1. The standard InChI is InChI=1S/C10H12N5O6P/c11-10-13-7-6(8(17)14-10)12-3-15(7)9-5(16)1-4(21-9)2-20-22(18)19/h4,9,12H,1-3H2,(H3-,11,13,14,17,18,19)/p+1. The lowest BCUT2D eigenvalue weighted by Crippen LogP contribution is -2.40. The first kappa shape index (κ1) is 14.9. The third kappa shape index (κ3) is 2.66. The summed E-state index contributed by atoms with van der Waals surface area (Å²) < 4.78 is 20.6. The van der Waals surface area contributed by atoms with Crippen LogP contribution in [-0.2, 0) is 18.6 Å². The number of nitrogens with one attached hydrogen (secondary N) is 2. The molecule has 3 unspecified atom stereocenters. The fourth-order valence-corrected chi connectivity index (χ4v) is 2.70. The molecule has 3 heterocycles. The second-order valence-electron chi connectivity index (χ2n) is 4.77. The molecule has 2 aliphatic rings. The lowest BCUT2D eigenvalue weighted by Gasteiger charge is -2.23. The van der Waals surface area contributed by atoms with Gasteiger partial charge in [0, 0.05) is 11.0 Å². The molecule has 0 saturated carbocycles. The first-order valence-corrected chi connectivity index (χ1v) is 7.46. The van der Waals surface area contributed by atoms with Crippen molar-refractivity contribution in [1.29, 1.82) is 0 Å². The summed E-state index contributed by atoms with van der Waals surface area (Å²) >= 11 is 0. The van der Waals surface area contributed by atoms with E-state index < -0.39 is 26.1 Å². The van der Waals surface area contributed by atoms with Gasteiger partial charge in [-0.25, -0.2) is 0 Å². The maximum Gasteiger partial charge on any atom is 0.694 e. The van der Waals surface area contributed by atoms with Gasteiger partial charge >= 0.3 is 8.25 Å². The van der Waals surface area contributed by atoms with Crippen molar-refractivity contribution in [3.05, 3.63) is 10.4 Å². The minimum atomic E-state index is -2.75. The Hall–Kier alpha value is -2.07. The zero-order valence-corrected chi connectivity index (χ0v) is 12.1. The summed E-state index contributed by atoms with van der Waals surface area (Å²) in [6.45, 7) is -0.0138. The molecule has 22 heavy (non-hydrogen) atoms. The van der Waals surface area contributed by atoms with E-state index >= 15 is 0 Å². The monoisotopic (exact) mass is 330 g/mol. The largest absolute Gasteiger partial charge is 0.694 e. The van der Waals surface area contributed by atoms with Crippen molar-refractivity contribution in [3.63, 3.8) is 0 Å². The van der Waals surface area contributed by atoms with Gasteiger partial charge in [-0.15, -0.1) is 9.42 Å². The molecule has 12 heteroatoms. The Morgan fingerprint density at radius 2 is 2.32 bits per heavy atom. The molecule has 0 amide bonds. The molecule has 0 bridgehead atoms. The number of carbonyl (C=O) groups excluding carboxylic acids is 1. The van der Waals surface area contributed by atoms with Crippen LogP contribution in [0.3, 0.4) is 0 Å². The van der Waals surface area contributed by atoms with Gasteiger partial charge < -0.3 is 20.7 Å². The average molecular weight is 330 g/mol. The Kier molecular flexibility index (Phi) is 3.79. The highest BCUT2D eigenvalue weighted by Gasteiger charge is 2.42. The molecule has 5 N–H and O–H groups in total. The number of Topliss-reactive ketones (excluding diaryl/α,β-unsaturated/α-hetero) is 1. The first-order chi connectivity index (χ1) is 10.5. The van der Waals surface area contributed by atoms with Crippen molar-refractivity contribution < 1.29 is 23.5 Å². The maximum absolute atomic E-state index is 12.1. The number of nitrogens with two attached hydrogens (primary N) is 1. The number of ketones is 1. The Morgan fingerprint density at radius 3 is 3.05 bits per heavy atom. The number of aromatic amines is 1. The van der Waals surface area contributed by atoms with Crippen LogP contribution in [0.1, 0.15) is 6.42 Å². The van der Waals surface area contributed by atoms with E-state index in [0.29, 0.717) is 0 Å². The lowest BCUT2D eigenvalue weighted by atomic mass is 10.2. The van der Waals surface area contributed by atoms with E-state index in [0.717, 1.165) is 0 Å². The van der Waals surface area contributed by atoms with Gasteiger partial charge in [0.15, 0.2) is 17.8 Å². The molecule has 0 aliphatic carbocycles. The molecular formula is C10H13N5O6P+. The lowest BCUT2D eigenvalue weighted by molar-refractivity contribution is -0.122. The van der Waals surface area contributed by atoms with Gasteiger partial charge in [0.2, 0.25) is 5.95 Å². The van der Waals surface area contributed by atoms with Crippen LogP contribution in [0, 0.1) is 0 Å². The second kappa shape index (κ2) is 5.61. The number of hydrogen-bond donors (Lipinski definition) is 4. The highest BCUT2D eigenvalue weighted by molar-refractivity contribution is 7.32. The van der Waals surface area contributed by atoms with Gasteiger partial charge in [0.1, 0.15) is 12.3 Å². The smallest absolute Gasteiger partial charge is 0.369 e. The molecule has 0 aromatic carbocycles. The van der Waals surface area contributed by atoms with Crippen LogP contribution >= 0.6 is 8.25 Å². The number of anilines is 3. The molecule has 0 radical (unpaired) electrons. The number of ether oxygens (including phenoxy) is 1. The molecule has 11 nitrogen and oxygen atoms in total. The fourth-order valence-electron chi connectivity index (χ4n) is 2.40. The highest BCUT2D eigenvalue weighted by Crippen LogP contribution is 2.32. The van der Waals surface area contributed by atoms with Crippen molar-refractivity contribution in [2.45, 2.75) is 18.8 Å². The predicted molar refractivity (Wildman–Crippen MR) is 74.3 cm³/mol. The van der Waals surface area contributed by atoms with Gasteiger partial charge in [-0.05, 0) is 0 Å². The molecule has 2 aliphatic heterocycles. The molecule has 3 atom stereocenters. The SMILES string of the molecule is Nc1nc2c(c(=O)[nH]1)NCN2C1OC(CO[P+](=O)O)CC1=O. The van der Waals surface area contributed by atoms with Crippen molar-refractivity contribution in [2.24, 2.45) is 0 Å². The topological polar surface area (TPSA) is 160 Å². The van der Waals surface area contributed by atoms with E-state index in [9.17, 15) is 14.2 Å². The quantitative estimate of drug-likeness (QED) is 0.498. The molecule has 1 fully saturated rings. The number of nitrogens with zero attached hydrogens (tertiary/aromatic N) is 2. The van der Waals surface area contributed by atoms with Crippen molar-refractivity contribution in [2.75, 3.05) is 29.2 Å². The molecule has 1 aromatic heterocycles. The third-order valence-corrected chi connectivity index (χ3v) is 3.67. The van der Waals surface area contributed by atoms with Crippen molar-refractivity contribution >= 4 is 31.5 Å². The summed E-state index contributed by atoms with van der Waals surface area (Å²) in [6, 6.07) is 0. The zero-order chi connectivity index (χ0) is 15.9. The van der Waals surface area contributed by atoms with Gasteiger partial charge in [-0.3, -0.25) is 14.6 Å². The van der Waals surface area contributed by atoms with Gasteiger partial charge in [0.05, 0.1) is 12.8 Å². The Labute approximate surface area is 124 Å². The number of carbonyl (C=O) groups is 1. The average Bonchev–Trinajstić information content (AvgIpc) is 3.00. The van der Waals surface area contributed by atoms with E-state index in [-0.39, 0.29) is 42.9 Å². The molecule has 1 aromatic rings. The molecular weight excluding hydrogens is 317 g/mol. The zero-order valence-electron chi connectivity index (χ0n) is 11.2. The van der Waals surface area contributed by atoms with Crippen LogP contribution in [0.15, 0.2) is 4.79 Å². The van der Waals surface area contributed by atoms with E-state index in [1.54, 1.807) is 0 Å². The van der Waals surface area contributed by atoms with Crippen LogP contribution in [0.5, 0.6) is 0 Å². The van der Waals surface area contributed by atoms with E-state index in [2.05, 4.69) is 19.8 Å². The summed E-state index contributed by atoms with van der Waals surface area (Å²) in [4.78, 5) is 40.3. The number of hydrogen-bond acceptors (Lipinski definition) is 9. The predicted octanol–water partition coefficient (Wildman–Crippen LogP) is -1.11. The van der Waals surface area contributed by atoms with E-state index in [1.165, 1.54) is 4.90 Å². The molecule has 1 saturated heterocycles. The van der Waals surface area contributed by atoms with Gasteiger partial charge in [0.25, 0.3) is 5.56 Å². The van der Waals surface area contributed by atoms with E-state index in [4.69, 9.17) is 15.4 Å². The number of fused-ring (bicyclic) bond motifs is 1. The normalized spacial score (nSPS) is 24.3. The first-order valence-electron chi connectivity index (χ1n) is 6.33. The molecule has 0 spiro atoms. The fraction of sp³-hybridized carbons (Fsp3) is 0.500. The van der Waals surface area contributed by atoms with Gasteiger partial charge in [-0.2, -0.15) is 4.98 Å². The third-order valence-electron chi connectivity index (χ3n) is 3.30. The van der Waals surface area contributed by atoms with E-state index in [1.807, 2.05) is 0 Å². The summed E-state index contributed by atoms with van der Waals surface area (Å²) in [7, 11) is -2.75. The van der Waals surface area contributed by atoms with Crippen LogP contribution in [0.4, 0.5) is 17.5 Å². The Balaban J connectivity index is 1.78. The highest BCUT2D eigenvalue weighted by atomic mass is 31.1. The minimum Gasteiger partial charge on any atom is -0.369 e. The number of H-pyrrole nitrogens is 1. The van der Waals surface area contributed by atoms with Crippen LogP contribution in [0.2, 0.25) is 0 Å². The Morgan fingerprint density at radius 1 is 1.55 bits per heavy atom. The van der Waals surface area contributed by atoms with Crippen LogP contribution < -0.4 is 21.5 Å².